The smallest absolute Gasteiger partial charge is 0.462 e. The first kappa shape index (κ1) is 66.6. The Morgan fingerprint density at radius 2 is 0.732 bits per heavy atom. The van der Waals surface area contributed by atoms with Crippen LogP contribution in [0.15, 0.2) is 158 Å². The second-order valence-electron chi connectivity index (χ2n) is 17.0. The molecule has 0 rings (SSSR count). The summed E-state index contributed by atoms with van der Waals surface area (Å²) >= 11 is 0. The van der Waals surface area contributed by atoms with E-state index in [4.69, 9.17) is 24.3 Å². The first-order valence-corrected chi connectivity index (χ1v) is 28.5. The van der Waals surface area contributed by atoms with Gasteiger partial charge in [0, 0.05) is 19.4 Å². The molecule has 0 fully saturated rings. The van der Waals surface area contributed by atoms with Crippen LogP contribution in [0.4, 0.5) is 0 Å². The molecule has 0 spiro atoms. The van der Waals surface area contributed by atoms with Gasteiger partial charge >= 0.3 is 19.8 Å². The van der Waals surface area contributed by atoms with Gasteiger partial charge in [0.15, 0.2) is 6.10 Å². The van der Waals surface area contributed by atoms with Gasteiger partial charge in [-0.3, -0.25) is 18.6 Å². The molecule has 9 nitrogen and oxygen atoms in total. The van der Waals surface area contributed by atoms with E-state index in [9.17, 15) is 19.0 Å². The zero-order chi connectivity index (χ0) is 51.7. The fourth-order valence-corrected chi connectivity index (χ4v) is 7.26. The number of phosphoric ester groups is 1. The lowest BCUT2D eigenvalue weighted by atomic mass is 10.1. The third-order valence-electron chi connectivity index (χ3n) is 10.4. The van der Waals surface area contributed by atoms with Gasteiger partial charge in [-0.15, -0.1) is 0 Å². The van der Waals surface area contributed by atoms with Gasteiger partial charge in [0.25, 0.3) is 0 Å². The highest BCUT2D eigenvalue weighted by molar-refractivity contribution is 7.47. The molecule has 0 radical (unpaired) electrons. The highest BCUT2D eigenvalue weighted by Crippen LogP contribution is 2.43. The van der Waals surface area contributed by atoms with Gasteiger partial charge in [0.05, 0.1) is 13.2 Å². The zero-order valence-corrected chi connectivity index (χ0v) is 45.0. The van der Waals surface area contributed by atoms with Gasteiger partial charge < -0.3 is 20.1 Å². The number of allylic oxidation sites excluding steroid dienone is 26. The number of carbonyl (C=O) groups is 2. The van der Waals surface area contributed by atoms with Gasteiger partial charge in [-0.1, -0.05) is 204 Å². The van der Waals surface area contributed by atoms with E-state index in [-0.39, 0.29) is 32.6 Å². The summed E-state index contributed by atoms with van der Waals surface area (Å²) in [5, 5.41) is 0. The molecule has 0 bridgehead atoms. The van der Waals surface area contributed by atoms with Crippen LogP contribution in [0.3, 0.4) is 0 Å². The van der Waals surface area contributed by atoms with Crippen molar-refractivity contribution in [3.05, 3.63) is 158 Å². The number of hydrogen-bond donors (Lipinski definition) is 2. The second kappa shape index (κ2) is 55.0. The predicted octanol–water partition coefficient (Wildman–Crippen LogP) is 16.9. The van der Waals surface area contributed by atoms with Crippen molar-refractivity contribution in [2.75, 3.05) is 26.4 Å². The van der Waals surface area contributed by atoms with Crippen LogP contribution in [0, 0.1) is 0 Å². The molecule has 2 unspecified atom stereocenters. The van der Waals surface area contributed by atoms with Gasteiger partial charge in [-0.05, 0) is 122 Å². The molecule has 0 aliphatic rings. The van der Waals surface area contributed by atoms with Crippen molar-refractivity contribution in [1.82, 2.24) is 0 Å². The Kier molecular flexibility index (Phi) is 51.6. The number of hydrogen-bond acceptors (Lipinski definition) is 8. The molecule has 0 heterocycles. The number of phosphoric acid groups is 1. The fourth-order valence-electron chi connectivity index (χ4n) is 6.50. The van der Waals surface area contributed by atoms with Crippen LogP contribution >= 0.6 is 7.82 Å². The van der Waals surface area contributed by atoms with E-state index in [1.165, 1.54) is 0 Å². The minimum absolute atomic E-state index is 0.0359. The van der Waals surface area contributed by atoms with Gasteiger partial charge in [0.1, 0.15) is 6.61 Å². The summed E-state index contributed by atoms with van der Waals surface area (Å²) in [6, 6.07) is 0. The summed E-state index contributed by atoms with van der Waals surface area (Å²) in [5.41, 5.74) is 5.37. The van der Waals surface area contributed by atoms with E-state index in [1.807, 2.05) is 0 Å². The first-order valence-electron chi connectivity index (χ1n) is 27.0. The molecule has 2 atom stereocenters. The lowest BCUT2D eigenvalue weighted by molar-refractivity contribution is -0.161. The molecular weight excluding hydrogens is 906 g/mol. The van der Waals surface area contributed by atoms with Gasteiger partial charge in [-0.2, -0.15) is 0 Å². The average molecular weight is 1000 g/mol. The summed E-state index contributed by atoms with van der Waals surface area (Å²) in [6.07, 6.45) is 79.9. The van der Waals surface area contributed by atoms with Crippen LogP contribution in [0.1, 0.15) is 181 Å². The van der Waals surface area contributed by atoms with E-state index in [0.29, 0.717) is 12.8 Å². The quantitative estimate of drug-likeness (QED) is 0.0264. The van der Waals surface area contributed by atoms with Crippen LogP contribution in [0.2, 0.25) is 0 Å². The number of nitrogens with two attached hydrogens (primary N) is 1. The summed E-state index contributed by atoms with van der Waals surface area (Å²) in [7, 11) is -4.41. The van der Waals surface area contributed by atoms with Crippen LogP contribution in [-0.2, 0) is 32.7 Å². The first-order chi connectivity index (χ1) is 34.8. The van der Waals surface area contributed by atoms with Crippen molar-refractivity contribution in [3.63, 3.8) is 0 Å². The van der Waals surface area contributed by atoms with Gasteiger partial charge in [0.2, 0.25) is 0 Å². The van der Waals surface area contributed by atoms with Gasteiger partial charge in [-0.25, -0.2) is 4.57 Å². The van der Waals surface area contributed by atoms with Crippen molar-refractivity contribution in [2.24, 2.45) is 5.73 Å². The summed E-state index contributed by atoms with van der Waals surface area (Å²) in [5.74, 6) is -0.896. The molecule has 0 amide bonds. The molecule has 3 N–H and O–H groups in total. The third kappa shape index (κ3) is 54.8. The molecule has 71 heavy (non-hydrogen) atoms. The van der Waals surface area contributed by atoms with E-state index in [0.717, 1.165) is 141 Å². The SMILES string of the molecule is CC/C=C\C/C=C\C/C=C\C/C=C\C/C=C\C/C=C\C/C=C\CCCCCCCC(=O)OC(COC(=O)CCCCCC/C=C\C/C=C\C/C=C\C/C=C\C/C=C\C/C=C\CC)COP(=O)(O)OCCN. The Balaban J connectivity index is 4.19. The Bertz CT molecular complexity index is 1710. The van der Waals surface area contributed by atoms with E-state index in [1.54, 1.807) is 0 Å². The zero-order valence-electron chi connectivity index (χ0n) is 44.1. The number of ether oxygens (including phenoxy) is 2. The standard InChI is InChI=1S/C61H96NO8P/c1-3-5-7-9-11-13-15-17-19-21-23-25-27-28-29-30-32-34-36-38-40-42-44-46-48-50-52-54-61(64)70-59(58-69-71(65,66)68-56-55-62)57-67-60(63)53-51-49-47-45-43-41-39-37-35-33-31-26-24-22-20-18-16-14-12-10-8-6-4-2/h5-8,11-14,17-20,23-26,28-29,32-35,38-41,59H,3-4,9-10,15-16,21-22,27,30-31,36-37,42-58,62H2,1-2H3,(H,65,66)/b7-5-,8-6-,13-11-,14-12-,19-17-,20-18-,25-23-,26-24-,29-28-,34-32-,35-33-,40-38-,41-39-. The fraction of sp³-hybridized carbons (Fsp3) is 0.541. The van der Waals surface area contributed by atoms with E-state index < -0.39 is 32.5 Å². The number of unbranched alkanes of at least 4 members (excludes halogenated alkanes) is 9. The van der Waals surface area contributed by atoms with Crippen LogP contribution in [0.25, 0.3) is 0 Å². The van der Waals surface area contributed by atoms with Crippen LogP contribution < -0.4 is 5.73 Å². The predicted molar refractivity (Wildman–Crippen MR) is 302 cm³/mol. The van der Waals surface area contributed by atoms with E-state index >= 15 is 0 Å². The largest absolute Gasteiger partial charge is 0.472 e. The Labute approximate surface area is 432 Å². The molecular formula is C61H96NO8P. The van der Waals surface area contributed by atoms with Crippen molar-refractivity contribution >= 4 is 19.8 Å². The Morgan fingerprint density at radius 3 is 1.08 bits per heavy atom. The molecule has 0 aliphatic heterocycles. The monoisotopic (exact) mass is 1000 g/mol. The highest BCUT2D eigenvalue weighted by Gasteiger charge is 2.26. The number of carbonyl (C=O) groups excluding carboxylic acids is 2. The Hall–Kier alpha value is -4.37. The summed E-state index contributed by atoms with van der Waals surface area (Å²) in [4.78, 5) is 35.1. The maximum absolute atomic E-state index is 12.7. The number of rotatable bonds is 48. The second-order valence-corrected chi connectivity index (χ2v) is 18.4. The minimum Gasteiger partial charge on any atom is -0.462 e. The molecule has 10 heteroatoms. The van der Waals surface area contributed by atoms with Crippen molar-refractivity contribution < 1.29 is 37.6 Å². The topological polar surface area (TPSA) is 134 Å². The van der Waals surface area contributed by atoms with E-state index in [2.05, 4.69) is 172 Å². The number of esters is 2. The summed E-state index contributed by atoms with van der Waals surface area (Å²) < 4.78 is 32.9. The molecule has 0 aromatic carbocycles. The maximum Gasteiger partial charge on any atom is 0.472 e. The van der Waals surface area contributed by atoms with Crippen LogP contribution in [-0.4, -0.2) is 49.3 Å². The maximum atomic E-state index is 12.7. The molecule has 398 valence electrons. The van der Waals surface area contributed by atoms with Crippen LogP contribution in [0.5, 0.6) is 0 Å². The highest BCUT2D eigenvalue weighted by atomic mass is 31.2. The van der Waals surface area contributed by atoms with Crippen molar-refractivity contribution in [1.29, 1.82) is 0 Å². The lowest BCUT2D eigenvalue weighted by Gasteiger charge is -2.19. The van der Waals surface area contributed by atoms with Crippen molar-refractivity contribution in [2.45, 2.75) is 187 Å². The molecule has 0 saturated heterocycles. The lowest BCUT2D eigenvalue weighted by Crippen LogP contribution is -2.29. The molecule has 0 aromatic heterocycles. The summed E-state index contributed by atoms with van der Waals surface area (Å²) in [6.45, 7) is 3.43. The molecule has 0 aliphatic carbocycles. The molecule has 0 aromatic rings. The molecule has 0 saturated carbocycles. The average Bonchev–Trinajstić information content (AvgIpc) is 3.36. The third-order valence-corrected chi connectivity index (χ3v) is 11.4. The minimum atomic E-state index is -4.41. The van der Waals surface area contributed by atoms with Crippen molar-refractivity contribution in [3.8, 4) is 0 Å². The normalized spacial score (nSPS) is 14.4. The Morgan fingerprint density at radius 1 is 0.423 bits per heavy atom.